The smallest absolute Gasteiger partial charge is 0.241 e. The van der Waals surface area contributed by atoms with Gasteiger partial charge < -0.3 is 14.5 Å². The fourth-order valence-electron chi connectivity index (χ4n) is 4.15. The number of aromatic nitrogens is 2. The van der Waals surface area contributed by atoms with Gasteiger partial charge in [0.15, 0.2) is 0 Å². The van der Waals surface area contributed by atoms with Gasteiger partial charge in [-0.1, -0.05) is 13.0 Å². The summed E-state index contributed by atoms with van der Waals surface area (Å²) >= 11 is 0. The van der Waals surface area contributed by atoms with Gasteiger partial charge in [0, 0.05) is 49.1 Å². The first kappa shape index (κ1) is 22.1. The molecule has 1 amide bonds. The van der Waals surface area contributed by atoms with Gasteiger partial charge >= 0.3 is 0 Å². The molecule has 4 rings (SSSR count). The number of nitrogens with one attached hydrogen (secondary N) is 2. The second-order valence-electron chi connectivity index (χ2n) is 8.42. The number of rotatable bonds is 7. The van der Waals surface area contributed by atoms with Crippen LogP contribution in [0.25, 0.3) is 10.9 Å². The molecule has 2 N–H and O–H groups in total. The molecule has 8 nitrogen and oxygen atoms in total. The molecule has 1 aliphatic rings. The van der Waals surface area contributed by atoms with Crippen LogP contribution in [0.1, 0.15) is 31.7 Å². The molecule has 1 atom stereocenters. The summed E-state index contributed by atoms with van der Waals surface area (Å²) in [6.07, 6.45) is 7.26. The Morgan fingerprint density at radius 3 is 2.78 bits per heavy atom. The van der Waals surface area contributed by atoms with Gasteiger partial charge in [-0.3, -0.25) is 4.79 Å². The molecule has 1 saturated heterocycles. The zero-order valence-corrected chi connectivity index (χ0v) is 18.8. The molecule has 1 aliphatic heterocycles. The van der Waals surface area contributed by atoms with Crippen LogP contribution in [0.5, 0.6) is 0 Å². The summed E-state index contributed by atoms with van der Waals surface area (Å²) in [6, 6.07) is 9.64. The van der Waals surface area contributed by atoms with Crippen molar-refractivity contribution >= 4 is 26.8 Å². The number of nitrogens with zero attached hydrogens (tertiary/aromatic N) is 3. The number of amides is 1. The number of benzene rings is 1. The number of piperidine rings is 1. The van der Waals surface area contributed by atoms with Gasteiger partial charge in [-0.25, -0.2) is 8.42 Å². The van der Waals surface area contributed by atoms with E-state index in [1.807, 2.05) is 6.07 Å². The second kappa shape index (κ2) is 9.18. The highest BCUT2D eigenvalue weighted by Gasteiger charge is 2.31. The normalized spacial score (nSPS) is 16.2. The maximum absolute atomic E-state index is 13.3. The maximum Gasteiger partial charge on any atom is 0.241 e. The fourth-order valence-corrected chi connectivity index (χ4v) is 5.59. The van der Waals surface area contributed by atoms with E-state index < -0.39 is 16.1 Å². The summed E-state index contributed by atoms with van der Waals surface area (Å²) in [7, 11) is -3.93. The number of H-pyrrole nitrogens is 1. The minimum atomic E-state index is -3.93. The zero-order valence-electron chi connectivity index (χ0n) is 18.0. The standard InChI is InChI=1S/C23H27N5O3S/c1-17-6-13-28(14-7-17)23(29)21(9-12-27-11-8-18(15-24)16-27)26-32(30,31)22-4-2-3-20-19(22)5-10-25-20/h2-5,8,10-11,16-17,21,25-26H,6-7,9,12-14H2,1H3. The van der Waals surface area contributed by atoms with E-state index in [1.165, 1.54) is 0 Å². The summed E-state index contributed by atoms with van der Waals surface area (Å²) in [5.74, 6) is 0.360. The SMILES string of the molecule is CC1CCN(C(=O)C(CCn2ccc(C#N)c2)NS(=O)(=O)c2cccc3[nH]ccc23)CC1. The Morgan fingerprint density at radius 1 is 1.28 bits per heavy atom. The molecule has 1 fully saturated rings. The Hall–Kier alpha value is -3.09. The molecule has 0 bridgehead atoms. The van der Waals surface area contributed by atoms with Gasteiger partial charge in [0.1, 0.15) is 12.1 Å². The number of likely N-dealkylation sites (tertiary alicyclic amines) is 1. The Morgan fingerprint density at radius 2 is 2.06 bits per heavy atom. The molecular formula is C23H27N5O3S. The van der Waals surface area contributed by atoms with Crippen molar-refractivity contribution in [1.82, 2.24) is 19.2 Å². The highest BCUT2D eigenvalue weighted by Crippen LogP contribution is 2.23. The number of carbonyl (C=O) groups is 1. The Kier molecular flexibility index (Phi) is 6.35. The highest BCUT2D eigenvalue weighted by molar-refractivity contribution is 7.89. The van der Waals surface area contributed by atoms with Crippen LogP contribution in [0.3, 0.4) is 0 Å². The number of aryl methyl sites for hydroxylation is 1. The molecule has 3 aromatic rings. The molecule has 0 saturated carbocycles. The topological polar surface area (TPSA) is 111 Å². The predicted molar refractivity (Wildman–Crippen MR) is 121 cm³/mol. The average molecular weight is 454 g/mol. The second-order valence-corrected chi connectivity index (χ2v) is 10.1. The third kappa shape index (κ3) is 4.71. The number of sulfonamides is 1. The van der Waals surface area contributed by atoms with Crippen LogP contribution in [0.15, 0.2) is 53.8 Å². The largest absolute Gasteiger partial charge is 0.361 e. The third-order valence-corrected chi connectivity index (χ3v) is 7.62. The van der Waals surface area contributed by atoms with E-state index >= 15 is 0 Å². The number of aromatic amines is 1. The van der Waals surface area contributed by atoms with Gasteiger partial charge in [-0.05, 0) is 49.4 Å². The van der Waals surface area contributed by atoms with E-state index in [0.29, 0.717) is 36.5 Å². The third-order valence-electron chi connectivity index (χ3n) is 6.09. The minimum Gasteiger partial charge on any atom is -0.361 e. The lowest BCUT2D eigenvalue weighted by Crippen LogP contribution is -2.50. The Bertz CT molecular complexity index is 1250. The first-order valence-corrected chi connectivity index (χ1v) is 12.3. The van der Waals surface area contributed by atoms with E-state index in [1.54, 1.807) is 52.3 Å². The van der Waals surface area contributed by atoms with Crippen LogP contribution in [-0.4, -0.2) is 47.9 Å². The lowest BCUT2D eigenvalue weighted by Gasteiger charge is -2.33. The first-order valence-electron chi connectivity index (χ1n) is 10.8. The molecule has 9 heteroatoms. The summed E-state index contributed by atoms with van der Waals surface area (Å²) in [5.41, 5.74) is 1.25. The first-order chi connectivity index (χ1) is 15.4. The predicted octanol–water partition coefficient (Wildman–Crippen LogP) is 2.84. The van der Waals surface area contributed by atoms with Crippen LogP contribution in [0.4, 0.5) is 0 Å². The average Bonchev–Trinajstić information content (AvgIpc) is 3.45. The highest BCUT2D eigenvalue weighted by atomic mass is 32.2. The number of carbonyl (C=O) groups excluding carboxylic acids is 1. The van der Waals surface area contributed by atoms with E-state index in [4.69, 9.17) is 5.26 Å². The molecular weight excluding hydrogens is 426 g/mol. The van der Waals surface area contributed by atoms with E-state index in [-0.39, 0.29) is 17.2 Å². The van der Waals surface area contributed by atoms with Crippen molar-refractivity contribution in [2.24, 2.45) is 5.92 Å². The van der Waals surface area contributed by atoms with Crippen molar-refractivity contribution in [3.63, 3.8) is 0 Å². The van der Waals surface area contributed by atoms with Gasteiger partial charge in [0.25, 0.3) is 0 Å². The monoisotopic (exact) mass is 453 g/mol. The van der Waals surface area contributed by atoms with Gasteiger partial charge in [-0.15, -0.1) is 0 Å². The summed E-state index contributed by atoms with van der Waals surface area (Å²) < 4.78 is 31.1. The van der Waals surface area contributed by atoms with E-state index in [2.05, 4.69) is 22.7 Å². The molecule has 2 aromatic heterocycles. The van der Waals surface area contributed by atoms with Crippen molar-refractivity contribution < 1.29 is 13.2 Å². The van der Waals surface area contributed by atoms with Crippen molar-refractivity contribution in [1.29, 1.82) is 5.26 Å². The van der Waals surface area contributed by atoms with Crippen LogP contribution in [-0.2, 0) is 21.4 Å². The van der Waals surface area contributed by atoms with Gasteiger partial charge in [0.2, 0.25) is 15.9 Å². The molecule has 0 spiro atoms. The summed E-state index contributed by atoms with van der Waals surface area (Å²) in [5, 5.41) is 9.62. The lowest BCUT2D eigenvalue weighted by molar-refractivity contribution is -0.134. The van der Waals surface area contributed by atoms with Crippen molar-refractivity contribution in [3.8, 4) is 6.07 Å². The van der Waals surface area contributed by atoms with Gasteiger partial charge in [-0.2, -0.15) is 9.98 Å². The van der Waals surface area contributed by atoms with Gasteiger partial charge in [0.05, 0.1) is 10.5 Å². The quantitative estimate of drug-likeness (QED) is 0.573. The Labute approximate surface area is 187 Å². The van der Waals surface area contributed by atoms with E-state index in [0.717, 1.165) is 18.4 Å². The molecule has 1 unspecified atom stereocenters. The maximum atomic E-state index is 13.3. The van der Waals surface area contributed by atoms with Crippen LogP contribution >= 0.6 is 0 Å². The van der Waals surface area contributed by atoms with Crippen molar-refractivity contribution in [2.75, 3.05) is 13.1 Å². The summed E-state index contributed by atoms with van der Waals surface area (Å²) in [4.78, 5) is 18.3. The van der Waals surface area contributed by atoms with Crippen molar-refractivity contribution in [3.05, 3.63) is 54.5 Å². The number of fused-ring (bicyclic) bond motifs is 1. The number of nitriles is 1. The Balaban J connectivity index is 1.58. The molecule has 1 aromatic carbocycles. The van der Waals surface area contributed by atoms with E-state index in [9.17, 15) is 13.2 Å². The zero-order chi connectivity index (χ0) is 22.7. The number of hydrogen-bond donors (Lipinski definition) is 2. The summed E-state index contributed by atoms with van der Waals surface area (Å²) in [6.45, 7) is 3.85. The van der Waals surface area contributed by atoms with Crippen LogP contribution in [0.2, 0.25) is 0 Å². The molecule has 0 aliphatic carbocycles. The molecule has 3 heterocycles. The molecule has 32 heavy (non-hydrogen) atoms. The van der Waals surface area contributed by atoms with Crippen LogP contribution < -0.4 is 4.72 Å². The van der Waals surface area contributed by atoms with Crippen molar-refractivity contribution in [2.45, 2.75) is 43.7 Å². The lowest BCUT2D eigenvalue weighted by atomic mass is 9.98. The fraction of sp³-hybridized carbons (Fsp3) is 0.391. The molecule has 168 valence electrons. The van der Waals surface area contributed by atoms with Crippen LogP contribution in [0, 0.1) is 17.2 Å². The number of hydrogen-bond acceptors (Lipinski definition) is 4. The molecule has 0 radical (unpaired) electrons. The minimum absolute atomic E-state index is 0.147.